The number of nitrogens with zero attached hydrogens (tertiary/aromatic N) is 2. The third-order valence-corrected chi connectivity index (χ3v) is 4.77. The molecule has 8 heteroatoms. The maximum Gasteiger partial charge on any atom is 1.00 e. The Hall–Kier alpha value is -1.43. The average Bonchev–Trinajstić information content (AvgIpc) is 2.48. The van der Waals surface area contributed by atoms with Crippen LogP contribution in [0.5, 0.6) is 0 Å². The van der Waals surface area contributed by atoms with E-state index in [9.17, 15) is 8.42 Å². The van der Waals surface area contributed by atoms with Gasteiger partial charge in [0.25, 0.3) is 10.0 Å². The van der Waals surface area contributed by atoms with E-state index in [1.807, 2.05) is 6.07 Å². The number of sulfonamides is 1. The van der Waals surface area contributed by atoms with Gasteiger partial charge < -0.3 is 7.16 Å². The van der Waals surface area contributed by atoms with Crippen molar-refractivity contribution in [2.24, 2.45) is 5.73 Å². The van der Waals surface area contributed by atoms with Crippen LogP contribution in [-0.4, -0.2) is 13.5 Å². The summed E-state index contributed by atoms with van der Waals surface area (Å²) in [6, 6.07) is 15.8. The van der Waals surface area contributed by atoms with Crippen LogP contribution in [0.25, 0.3) is 0 Å². The van der Waals surface area contributed by atoms with E-state index in [0.717, 1.165) is 4.31 Å². The van der Waals surface area contributed by atoms with Crippen molar-refractivity contribution in [3.8, 4) is 6.07 Å². The number of rotatable bonds is 3. The summed E-state index contributed by atoms with van der Waals surface area (Å²) < 4.78 is 26.1. The molecule has 0 amide bonds. The quantitative estimate of drug-likeness (QED) is 0.578. The van der Waals surface area contributed by atoms with E-state index in [2.05, 4.69) is 0 Å². The molecule has 0 saturated carbocycles. The molecule has 2 aromatic carbocycles. The minimum atomic E-state index is -3.89. The number of hydrogen-bond donors (Lipinski definition) is 1. The Balaban J connectivity index is 0.00000242. The fourth-order valence-electron chi connectivity index (χ4n) is 1.75. The molecular formula is C14H12N3NaO2S2. The van der Waals surface area contributed by atoms with Gasteiger partial charge in [-0.1, -0.05) is 18.2 Å². The minimum Gasteiger partial charge on any atom is -1.00 e. The third kappa shape index (κ3) is 3.85. The van der Waals surface area contributed by atoms with Gasteiger partial charge >= 0.3 is 29.6 Å². The first-order chi connectivity index (χ1) is 9.96. The van der Waals surface area contributed by atoms with Gasteiger partial charge in [0.1, 0.15) is 0 Å². The normalized spacial score (nSPS) is 10.1. The molecule has 0 unspecified atom stereocenters. The fraction of sp³-hybridized carbons (Fsp3) is 0. The fourth-order valence-corrected chi connectivity index (χ4v) is 3.50. The SMILES string of the molecule is N#Cc1ccc(N(C(N)=S)S(=O)(=O)c2ccccc2)cc1.[H-].[Na+]. The zero-order valence-corrected chi connectivity index (χ0v) is 15.4. The van der Waals surface area contributed by atoms with Gasteiger partial charge in [-0.25, -0.2) is 12.7 Å². The van der Waals surface area contributed by atoms with Crippen molar-refractivity contribution in [1.82, 2.24) is 0 Å². The average molecular weight is 341 g/mol. The smallest absolute Gasteiger partial charge is 1.00 e. The molecule has 0 aromatic heterocycles. The van der Waals surface area contributed by atoms with E-state index < -0.39 is 10.0 Å². The summed E-state index contributed by atoms with van der Waals surface area (Å²) in [5, 5.41) is 8.49. The van der Waals surface area contributed by atoms with E-state index in [1.54, 1.807) is 18.2 Å². The number of nitriles is 1. The molecule has 108 valence electrons. The zero-order valence-electron chi connectivity index (χ0n) is 12.8. The molecule has 0 radical (unpaired) electrons. The van der Waals surface area contributed by atoms with Crippen molar-refractivity contribution in [3.63, 3.8) is 0 Å². The van der Waals surface area contributed by atoms with E-state index in [4.69, 9.17) is 23.2 Å². The van der Waals surface area contributed by atoms with E-state index >= 15 is 0 Å². The van der Waals surface area contributed by atoms with Crippen LogP contribution in [0, 0.1) is 11.3 Å². The van der Waals surface area contributed by atoms with Gasteiger partial charge in [0.2, 0.25) is 0 Å². The monoisotopic (exact) mass is 341 g/mol. The molecule has 0 spiro atoms. The molecule has 22 heavy (non-hydrogen) atoms. The van der Waals surface area contributed by atoms with Gasteiger partial charge in [-0.15, -0.1) is 0 Å². The minimum absolute atomic E-state index is 0. The Morgan fingerprint density at radius 3 is 2.14 bits per heavy atom. The van der Waals surface area contributed by atoms with E-state index in [0.29, 0.717) is 5.56 Å². The van der Waals surface area contributed by atoms with Gasteiger partial charge in [-0.2, -0.15) is 5.26 Å². The van der Waals surface area contributed by atoms with Crippen LogP contribution in [0.4, 0.5) is 5.69 Å². The number of nitrogens with two attached hydrogens (primary N) is 1. The van der Waals surface area contributed by atoms with Crippen LogP contribution in [0.2, 0.25) is 0 Å². The van der Waals surface area contributed by atoms with Crippen LogP contribution in [-0.2, 0) is 10.0 Å². The largest absolute Gasteiger partial charge is 1.00 e. The zero-order chi connectivity index (χ0) is 15.5. The molecule has 0 heterocycles. The number of thiocarbonyl (C=S) groups is 1. The Morgan fingerprint density at radius 1 is 1.14 bits per heavy atom. The summed E-state index contributed by atoms with van der Waals surface area (Å²) in [5.74, 6) is 0. The molecule has 0 aliphatic rings. The van der Waals surface area contributed by atoms with Crippen molar-refractivity contribution < 1.29 is 39.4 Å². The van der Waals surface area contributed by atoms with Crippen LogP contribution in [0.3, 0.4) is 0 Å². The van der Waals surface area contributed by atoms with Gasteiger partial charge in [0.15, 0.2) is 5.11 Å². The maximum atomic E-state index is 12.6. The first kappa shape index (κ1) is 18.6. The Labute approximate surface area is 158 Å². The van der Waals surface area contributed by atoms with Crippen molar-refractivity contribution in [3.05, 3.63) is 60.2 Å². The van der Waals surface area contributed by atoms with Crippen LogP contribution >= 0.6 is 12.2 Å². The summed E-state index contributed by atoms with van der Waals surface area (Å²) >= 11 is 4.87. The molecule has 0 aliphatic heterocycles. The number of benzene rings is 2. The molecule has 0 atom stereocenters. The molecule has 0 aliphatic carbocycles. The second-order valence-electron chi connectivity index (χ2n) is 4.08. The predicted octanol–water partition coefficient (Wildman–Crippen LogP) is -0.886. The van der Waals surface area contributed by atoms with Gasteiger partial charge in [0.05, 0.1) is 22.2 Å². The van der Waals surface area contributed by atoms with Gasteiger partial charge in [-0.3, -0.25) is 0 Å². The first-order valence-corrected chi connectivity index (χ1v) is 7.71. The van der Waals surface area contributed by atoms with Crippen LogP contribution < -0.4 is 39.6 Å². The summed E-state index contributed by atoms with van der Waals surface area (Å²) in [6.45, 7) is 0. The Bertz CT molecular complexity index is 806. The number of anilines is 1. The molecule has 5 nitrogen and oxygen atoms in total. The second-order valence-corrected chi connectivity index (χ2v) is 6.28. The van der Waals surface area contributed by atoms with Crippen molar-refractivity contribution in [1.29, 1.82) is 5.26 Å². The summed E-state index contributed by atoms with van der Waals surface area (Å²) in [6.07, 6.45) is 0. The summed E-state index contributed by atoms with van der Waals surface area (Å²) in [4.78, 5) is 0.0853. The molecule has 2 aromatic rings. The van der Waals surface area contributed by atoms with Crippen molar-refractivity contribution in [2.75, 3.05) is 4.31 Å². The van der Waals surface area contributed by atoms with Gasteiger partial charge in [0, 0.05) is 0 Å². The molecule has 0 saturated heterocycles. The van der Waals surface area contributed by atoms with Gasteiger partial charge in [-0.05, 0) is 48.6 Å². The Morgan fingerprint density at radius 2 is 1.68 bits per heavy atom. The molecule has 2 N–H and O–H groups in total. The third-order valence-electron chi connectivity index (χ3n) is 2.71. The molecular weight excluding hydrogens is 329 g/mol. The topological polar surface area (TPSA) is 87.2 Å². The van der Waals surface area contributed by atoms with Crippen LogP contribution in [0.15, 0.2) is 59.5 Å². The first-order valence-electron chi connectivity index (χ1n) is 5.87. The standard InChI is InChI=1S/C14H11N3O2S2.Na.H/c15-10-11-6-8-12(9-7-11)17(14(16)20)21(18,19)13-4-2-1-3-5-13;;/h1-9H,(H2,16,20);;/q;+1;-1. The van der Waals surface area contributed by atoms with Crippen LogP contribution in [0.1, 0.15) is 6.99 Å². The molecule has 0 bridgehead atoms. The van der Waals surface area contributed by atoms with E-state index in [1.165, 1.54) is 36.4 Å². The van der Waals surface area contributed by atoms with E-state index in [-0.39, 0.29) is 46.7 Å². The number of hydrogen-bond acceptors (Lipinski definition) is 4. The second kappa shape index (κ2) is 7.72. The van der Waals surface area contributed by atoms with Crippen molar-refractivity contribution >= 4 is 33.0 Å². The van der Waals surface area contributed by atoms with Crippen molar-refractivity contribution in [2.45, 2.75) is 4.90 Å². The summed E-state index contributed by atoms with van der Waals surface area (Å²) in [5.41, 5.74) is 6.27. The Kier molecular flexibility index (Phi) is 6.53. The predicted molar refractivity (Wildman–Crippen MR) is 85.2 cm³/mol. The molecule has 2 rings (SSSR count). The summed E-state index contributed by atoms with van der Waals surface area (Å²) in [7, 11) is -3.89. The maximum absolute atomic E-state index is 12.6. The molecule has 0 fully saturated rings.